The van der Waals surface area contributed by atoms with E-state index in [0.29, 0.717) is 5.82 Å². The summed E-state index contributed by atoms with van der Waals surface area (Å²) in [7, 11) is 0. The molecule has 0 saturated heterocycles. The van der Waals surface area contributed by atoms with Crippen LogP contribution in [0.2, 0.25) is 0 Å². The lowest BCUT2D eigenvalue weighted by molar-refractivity contribution is 0.0696. The summed E-state index contributed by atoms with van der Waals surface area (Å²) in [4.78, 5) is 18.7. The van der Waals surface area contributed by atoms with Crippen LogP contribution < -0.4 is 5.32 Å². The molecule has 6 heteroatoms. The average Bonchev–Trinajstić information content (AvgIpc) is 2.41. The number of benzene rings is 1. The van der Waals surface area contributed by atoms with Crippen molar-refractivity contribution in [1.82, 2.24) is 9.97 Å². The number of aryl methyl sites for hydroxylation is 1. The van der Waals surface area contributed by atoms with Crippen molar-refractivity contribution in [3.05, 3.63) is 47.7 Å². The second kappa shape index (κ2) is 5.43. The molecule has 0 fully saturated rings. The molecule has 0 aliphatic heterocycles. The predicted molar refractivity (Wildman–Crippen MR) is 68.1 cm³/mol. The Morgan fingerprint density at radius 3 is 2.79 bits per heavy atom. The van der Waals surface area contributed by atoms with Gasteiger partial charge in [0, 0.05) is 11.8 Å². The standard InChI is InChI=1S/C13H12FN3O2/c1-2-9-6-12(16-7-15-9)17-11-4-3-8(13(18)19)5-10(11)14/h3-7H,2H2,1H3,(H,18,19)(H,15,16,17). The third kappa shape index (κ3) is 3.04. The summed E-state index contributed by atoms with van der Waals surface area (Å²) in [6.45, 7) is 1.95. The molecule has 0 radical (unpaired) electrons. The van der Waals surface area contributed by atoms with Crippen LogP contribution in [0, 0.1) is 5.82 Å². The van der Waals surface area contributed by atoms with Crippen LogP contribution >= 0.6 is 0 Å². The fourth-order valence-electron chi connectivity index (χ4n) is 1.55. The topological polar surface area (TPSA) is 75.1 Å². The SMILES string of the molecule is CCc1cc(Nc2ccc(C(=O)O)cc2F)ncn1. The lowest BCUT2D eigenvalue weighted by atomic mass is 10.2. The Bertz CT molecular complexity index is 617. The summed E-state index contributed by atoms with van der Waals surface area (Å²) in [6, 6.07) is 5.37. The molecule has 0 amide bonds. The van der Waals surface area contributed by atoms with E-state index in [0.717, 1.165) is 18.2 Å². The fraction of sp³-hybridized carbons (Fsp3) is 0.154. The first kappa shape index (κ1) is 12.9. The van der Waals surface area contributed by atoms with Crippen LogP contribution in [0.1, 0.15) is 23.0 Å². The van der Waals surface area contributed by atoms with Crippen molar-refractivity contribution in [3.8, 4) is 0 Å². The van der Waals surface area contributed by atoms with E-state index in [2.05, 4.69) is 15.3 Å². The smallest absolute Gasteiger partial charge is 0.335 e. The highest BCUT2D eigenvalue weighted by Gasteiger charge is 2.09. The van der Waals surface area contributed by atoms with Crippen LogP contribution in [0.5, 0.6) is 0 Å². The summed E-state index contributed by atoms with van der Waals surface area (Å²) in [6.07, 6.45) is 2.14. The Hall–Kier alpha value is -2.50. The Balaban J connectivity index is 2.25. The predicted octanol–water partition coefficient (Wildman–Crippen LogP) is 2.62. The van der Waals surface area contributed by atoms with Crippen molar-refractivity contribution in [2.75, 3.05) is 5.32 Å². The number of halogens is 1. The van der Waals surface area contributed by atoms with E-state index in [1.807, 2.05) is 6.92 Å². The van der Waals surface area contributed by atoms with Crippen LogP contribution in [0.15, 0.2) is 30.6 Å². The van der Waals surface area contributed by atoms with Crippen molar-refractivity contribution in [2.45, 2.75) is 13.3 Å². The lowest BCUT2D eigenvalue weighted by Gasteiger charge is -2.08. The van der Waals surface area contributed by atoms with E-state index < -0.39 is 11.8 Å². The Morgan fingerprint density at radius 1 is 1.37 bits per heavy atom. The van der Waals surface area contributed by atoms with Crippen LogP contribution in [0.4, 0.5) is 15.9 Å². The van der Waals surface area contributed by atoms with E-state index in [9.17, 15) is 9.18 Å². The van der Waals surface area contributed by atoms with E-state index >= 15 is 0 Å². The maximum absolute atomic E-state index is 13.7. The number of carboxylic acid groups (broad SMARTS) is 1. The summed E-state index contributed by atoms with van der Waals surface area (Å²) in [5.41, 5.74) is 0.908. The van der Waals surface area contributed by atoms with Gasteiger partial charge in [-0.1, -0.05) is 6.92 Å². The largest absolute Gasteiger partial charge is 0.478 e. The molecule has 1 aromatic heterocycles. The maximum atomic E-state index is 13.7. The first-order valence-corrected chi connectivity index (χ1v) is 5.71. The first-order valence-electron chi connectivity index (χ1n) is 5.71. The molecule has 19 heavy (non-hydrogen) atoms. The molecule has 2 N–H and O–H groups in total. The molecule has 5 nitrogen and oxygen atoms in total. The molecule has 1 heterocycles. The number of carboxylic acids is 1. The first-order chi connectivity index (χ1) is 9.10. The maximum Gasteiger partial charge on any atom is 0.335 e. The zero-order valence-corrected chi connectivity index (χ0v) is 10.2. The minimum absolute atomic E-state index is 0.0972. The zero-order chi connectivity index (χ0) is 13.8. The third-order valence-electron chi connectivity index (χ3n) is 2.56. The number of nitrogens with one attached hydrogen (secondary N) is 1. The number of nitrogens with zero attached hydrogens (tertiary/aromatic N) is 2. The molecular weight excluding hydrogens is 249 g/mol. The minimum Gasteiger partial charge on any atom is -0.478 e. The van der Waals surface area contributed by atoms with Crippen LogP contribution in [-0.4, -0.2) is 21.0 Å². The Kier molecular flexibility index (Phi) is 3.70. The van der Waals surface area contributed by atoms with Crippen LogP contribution in [-0.2, 0) is 6.42 Å². The normalized spacial score (nSPS) is 10.2. The summed E-state index contributed by atoms with van der Waals surface area (Å²) >= 11 is 0. The average molecular weight is 261 g/mol. The van der Waals surface area contributed by atoms with Gasteiger partial charge in [-0.2, -0.15) is 0 Å². The molecule has 0 aliphatic rings. The molecule has 0 unspecified atom stereocenters. The van der Waals surface area contributed by atoms with E-state index in [4.69, 9.17) is 5.11 Å². The molecule has 2 aromatic rings. The van der Waals surface area contributed by atoms with Gasteiger partial charge >= 0.3 is 5.97 Å². The molecule has 0 aliphatic carbocycles. The van der Waals surface area contributed by atoms with E-state index in [1.54, 1.807) is 6.07 Å². The number of hydrogen-bond donors (Lipinski definition) is 2. The second-order valence-corrected chi connectivity index (χ2v) is 3.87. The Labute approximate surface area is 109 Å². The lowest BCUT2D eigenvalue weighted by Crippen LogP contribution is -2.01. The summed E-state index contributed by atoms with van der Waals surface area (Å²) in [5.74, 6) is -1.34. The van der Waals surface area contributed by atoms with E-state index in [-0.39, 0.29) is 11.3 Å². The number of hydrogen-bond acceptors (Lipinski definition) is 4. The van der Waals surface area contributed by atoms with Gasteiger partial charge in [-0.25, -0.2) is 19.2 Å². The molecule has 0 spiro atoms. The molecular formula is C13H12FN3O2. The third-order valence-corrected chi connectivity index (χ3v) is 2.56. The minimum atomic E-state index is -1.17. The number of rotatable bonds is 4. The second-order valence-electron chi connectivity index (χ2n) is 3.87. The van der Waals surface area contributed by atoms with Crippen molar-refractivity contribution in [3.63, 3.8) is 0 Å². The van der Waals surface area contributed by atoms with Crippen LogP contribution in [0.25, 0.3) is 0 Å². The molecule has 2 rings (SSSR count). The van der Waals surface area contributed by atoms with E-state index in [1.165, 1.54) is 18.5 Å². The number of aromatic carboxylic acids is 1. The highest BCUT2D eigenvalue weighted by Crippen LogP contribution is 2.20. The molecule has 0 saturated carbocycles. The fourth-order valence-corrected chi connectivity index (χ4v) is 1.55. The van der Waals surface area contributed by atoms with Crippen molar-refractivity contribution in [1.29, 1.82) is 0 Å². The van der Waals surface area contributed by atoms with Gasteiger partial charge in [0.15, 0.2) is 0 Å². The van der Waals surface area contributed by atoms with Crippen molar-refractivity contribution in [2.24, 2.45) is 0 Å². The monoisotopic (exact) mass is 261 g/mol. The van der Waals surface area contributed by atoms with Gasteiger partial charge in [0.25, 0.3) is 0 Å². The van der Waals surface area contributed by atoms with Gasteiger partial charge in [-0.15, -0.1) is 0 Å². The van der Waals surface area contributed by atoms with Crippen molar-refractivity contribution < 1.29 is 14.3 Å². The summed E-state index contributed by atoms with van der Waals surface area (Å²) in [5, 5.41) is 11.5. The van der Waals surface area contributed by atoms with Gasteiger partial charge in [0.1, 0.15) is 18.0 Å². The summed E-state index contributed by atoms with van der Waals surface area (Å²) < 4.78 is 13.7. The number of carbonyl (C=O) groups is 1. The number of aromatic nitrogens is 2. The zero-order valence-electron chi connectivity index (χ0n) is 10.2. The highest BCUT2D eigenvalue weighted by atomic mass is 19.1. The van der Waals surface area contributed by atoms with Gasteiger partial charge in [-0.05, 0) is 24.6 Å². The molecule has 1 aromatic carbocycles. The van der Waals surface area contributed by atoms with Gasteiger partial charge in [-0.3, -0.25) is 0 Å². The molecule has 0 atom stereocenters. The van der Waals surface area contributed by atoms with Crippen LogP contribution in [0.3, 0.4) is 0 Å². The van der Waals surface area contributed by atoms with Gasteiger partial charge < -0.3 is 10.4 Å². The Morgan fingerprint density at radius 2 is 2.16 bits per heavy atom. The van der Waals surface area contributed by atoms with Gasteiger partial charge in [0.05, 0.1) is 11.3 Å². The molecule has 0 bridgehead atoms. The number of anilines is 2. The quantitative estimate of drug-likeness (QED) is 0.884. The van der Waals surface area contributed by atoms with Crippen molar-refractivity contribution >= 4 is 17.5 Å². The highest BCUT2D eigenvalue weighted by molar-refractivity contribution is 5.88. The van der Waals surface area contributed by atoms with Gasteiger partial charge in [0.2, 0.25) is 0 Å². The molecule has 98 valence electrons.